The van der Waals surface area contributed by atoms with E-state index < -0.39 is 0 Å². The normalized spacial score (nSPS) is 18.8. The molecule has 18 heavy (non-hydrogen) atoms. The third kappa shape index (κ3) is 3.94. The van der Waals surface area contributed by atoms with E-state index in [1.807, 2.05) is 6.20 Å². The number of thiocarbonyl (C=S) groups is 1. The molecule has 1 aromatic rings. The molecular formula is C11H18N4O2S. The first-order valence-electron chi connectivity index (χ1n) is 5.96. The van der Waals surface area contributed by atoms with Crippen molar-refractivity contribution in [1.29, 1.82) is 0 Å². The number of anilines is 1. The Balaban J connectivity index is 1.72. The van der Waals surface area contributed by atoms with E-state index in [0.717, 1.165) is 31.7 Å². The number of hydrogen-bond donors (Lipinski definition) is 2. The Morgan fingerprint density at radius 3 is 3.33 bits per heavy atom. The molecule has 0 radical (unpaired) electrons. The lowest BCUT2D eigenvalue weighted by Crippen LogP contribution is -2.34. The monoisotopic (exact) mass is 270 g/mol. The molecule has 0 spiro atoms. The maximum absolute atomic E-state index is 5.51. The van der Waals surface area contributed by atoms with Crippen LogP contribution in [0.25, 0.3) is 0 Å². The van der Waals surface area contributed by atoms with Gasteiger partial charge in [0.05, 0.1) is 24.2 Å². The molecule has 2 rings (SSSR count). The molecule has 2 heterocycles. The van der Waals surface area contributed by atoms with Gasteiger partial charge in [0.15, 0.2) is 5.11 Å². The van der Waals surface area contributed by atoms with Crippen LogP contribution in [-0.4, -0.2) is 41.3 Å². The van der Waals surface area contributed by atoms with Gasteiger partial charge < -0.3 is 20.1 Å². The van der Waals surface area contributed by atoms with Crippen molar-refractivity contribution in [3.8, 4) is 0 Å². The highest BCUT2D eigenvalue weighted by atomic mass is 32.1. The number of ether oxygens (including phenoxy) is 2. The Morgan fingerprint density at radius 2 is 2.61 bits per heavy atom. The molecule has 1 aliphatic heterocycles. The van der Waals surface area contributed by atoms with Crippen LogP contribution in [0.1, 0.15) is 12.8 Å². The molecule has 1 aromatic heterocycles. The standard InChI is InChI=1S/C11H18N4O2S/c1-16-8-15-7-9(5-13-15)14-11(18)12-6-10-3-2-4-17-10/h5,7,10H,2-4,6,8H2,1H3,(H2,12,14,18). The highest BCUT2D eigenvalue weighted by Crippen LogP contribution is 2.10. The first-order chi connectivity index (χ1) is 8.78. The Kier molecular flexibility index (Phi) is 4.91. The van der Waals surface area contributed by atoms with Gasteiger partial charge >= 0.3 is 0 Å². The Labute approximate surface area is 112 Å². The van der Waals surface area contributed by atoms with Crippen molar-refractivity contribution in [2.45, 2.75) is 25.7 Å². The zero-order valence-corrected chi connectivity index (χ0v) is 11.2. The van der Waals surface area contributed by atoms with Crippen LogP contribution in [0.3, 0.4) is 0 Å². The van der Waals surface area contributed by atoms with Crippen LogP contribution >= 0.6 is 12.2 Å². The largest absolute Gasteiger partial charge is 0.376 e. The van der Waals surface area contributed by atoms with E-state index in [1.165, 1.54) is 0 Å². The van der Waals surface area contributed by atoms with Gasteiger partial charge in [0.1, 0.15) is 6.73 Å². The predicted octanol–water partition coefficient (Wildman–Crippen LogP) is 0.952. The molecule has 1 fully saturated rings. The van der Waals surface area contributed by atoms with Crippen molar-refractivity contribution in [2.24, 2.45) is 0 Å². The molecule has 1 atom stereocenters. The molecule has 0 aromatic carbocycles. The fourth-order valence-electron chi connectivity index (χ4n) is 1.82. The molecule has 0 bridgehead atoms. The van der Waals surface area contributed by atoms with Crippen LogP contribution in [0.5, 0.6) is 0 Å². The van der Waals surface area contributed by atoms with E-state index >= 15 is 0 Å². The number of methoxy groups -OCH3 is 1. The average Bonchev–Trinajstić information content (AvgIpc) is 2.99. The average molecular weight is 270 g/mol. The smallest absolute Gasteiger partial charge is 0.170 e. The minimum Gasteiger partial charge on any atom is -0.376 e. The van der Waals surface area contributed by atoms with E-state index in [-0.39, 0.29) is 6.10 Å². The molecule has 0 aliphatic carbocycles. The maximum atomic E-state index is 5.51. The maximum Gasteiger partial charge on any atom is 0.170 e. The Hall–Kier alpha value is -1.18. The van der Waals surface area contributed by atoms with Gasteiger partial charge in [-0.1, -0.05) is 0 Å². The predicted molar refractivity (Wildman–Crippen MR) is 72.4 cm³/mol. The molecule has 0 saturated carbocycles. The summed E-state index contributed by atoms with van der Waals surface area (Å²) in [4.78, 5) is 0. The number of rotatable bonds is 5. The van der Waals surface area contributed by atoms with Crippen LogP contribution in [0, 0.1) is 0 Å². The van der Waals surface area contributed by atoms with Gasteiger partial charge in [-0.05, 0) is 25.1 Å². The number of nitrogens with one attached hydrogen (secondary N) is 2. The van der Waals surface area contributed by atoms with Gasteiger partial charge in [0.2, 0.25) is 0 Å². The second-order valence-corrected chi connectivity index (χ2v) is 4.56. The van der Waals surface area contributed by atoms with E-state index in [2.05, 4.69) is 15.7 Å². The minimum atomic E-state index is 0.279. The first-order valence-corrected chi connectivity index (χ1v) is 6.36. The number of hydrogen-bond acceptors (Lipinski definition) is 4. The lowest BCUT2D eigenvalue weighted by molar-refractivity contribution is 0.114. The molecule has 1 aliphatic rings. The molecule has 1 unspecified atom stereocenters. The summed E-state index contributed by atoms with van der Waals surface area (Å²) >= 11 is 5.20. The van der Waals surface area contributed by atoms with Crippen molar-refractivity contribution in [3.05, 3.63) is 12.4 Å². The van der Waals surface area contributed by atoms with Crippen molar-refractivity contribution in [3.63, 3.8) is 0 Å². The van der Waals surface area contributed by atoms with Gasteiger partial charge in [-0.2, -0.15) is 5.10 Å². The summed E-state index contributed by atoms with van der Waals surface area (Å²) in [7, 11) is 1.63. The molecular weight excluding hydrogens is 252 g/mol. The third-order valence-corrected chi connectivity index (χ3v) is 2.91. The summed E-state index contributed by atoms with van der Waals surface area (Å²) in [6.07, 6.45) is 6.06. The number of aromatic nitrogens is 2. The zero-order valence-electron chi connectivity index (χ0n) is 10.4. The Bertz CT molecular complexity index is 390. The summed E-state index contributed by atoms with van der Waals surface area (Å²) in [6, 6.07) is 0. The molecule has 7 heteroatoms. The van der Waals surface area contributed by atoms with E-state index in [9.17, 15) is 0 Å². The van der Waals surface area contributed by atoms with Crippen molar-refractivity contribution < 1.29 is 9.47 Å². The summed E-state index contributed by atoms with van der Waals surface area (Å²) in [6.45, 7) is 2.03. The lowest BCUT2D eigenvalue weighted by atomic mass is 10.2. The van der Waals surface area contributed by atoms with Crippen molar-refractivity contribution >= 4 is 23.0 Å². The highest BCUT2D eigenvalue weighted by Gasteiger charge is 2.15. The van der Waals surface area contributed by atoms with Crippen molar-refractivity contribution in [2.75, 3.05) is 25.6 Å². The van der Waals surface area contributed by atoms with E-state index in [4.69, 9.17) is 21.7 Å². The van der Waals surface area contributed by atoms with Gasteiger partial charge in [-0.15, -0.1) is 0 Å². The summed E-state index contributed by atoms with van der Waals surface area (Å²) in [5.74, 6) is 0. The second kappa shape index (κ2) is 6.67. The van der Waals surface area contributed by atoms with Crippen LogP contribution in [0.4, 0.5) is 5.69 Å². The van der Waals surface area contributed by atoms with Gasteiger partial charge in [0.25, 0.3) is 0 Å². The third-order valence-electron chi connectivity index (χ3n) is 2.67. The fraction of sp³-hybridized carbons (Fsp3) is 0.636. The molecule has 0 amide bonds. The van der Waals surface area contributed by atoms with Crippen LogP contribution in [0.15, 0.2) is 12.4 Å². The molecule has 2 N–H and O–H groups in total. The minimum absolute atomic E-state index is 0.279. The molecule has 1 saturated heterocycles. The zero-order chi connectivity index (χ0) is 12.8. The van der Waals surface area contributed by atoms with Gasteiger partial charge in [0, 0.05) is 20.3 Å². The SMILES string of the molecule is COCn1cc(NC(=S)NCC2CCCO2)cn1. The Morgan fingerprint density at radius 1 is 1.72 bits per heavy atom. The number of nitrogens with zero attached hydrogens (tertiary/aromatic N) is 2. The quantitative estimate of drug-likeness (QED) is 0.777. The van der Waals surface area contributed by atoms with E-state index in [0.29, 0.717) is 11.8 Å². The van der Waals surface area contributed by atoms with E-state index in [1.54, 1.807) is 18.0 Å². The molecule has 6 nitrogen and oxygen atoms in total. The van der Waals surface area contributed by atoms with Crippen LogP contribution in [-0.2, 0) is 16.2 Å². The second-order valence-electron chi connectivity index (χ2n) is 4.16. The fourth-order valence-corrected chi connectivity index (χ4v) is 2.02. The van der Waals surface area contributed by atoms with Crippen LogP contribution in [0.2, 0.25) is 0 Å². The van der Waals surface area contributed by atoms with Crippen molar-refractivity contribution in [1.82, 2.24) is 15.1 Å². The topological polar surface area (TPSA) is 60.3 Å². The van der Waals surface area contributed by atoms with Crippen LogP contribution < -0.4 is 10.6 Å². The summed E-state index contributed by atoms with van der Waals surface area (Å²) < 4.78 is 12.2. The molecule has 100 valence electrons. The highest BCUT2D eigenvalue weighted by molar-refractivity contribution is 7.80. The summed E-state index contributed by atoms with van der Waals surface area (Å²) in [5.41, 5.74) is 0.844. The summed E-state index contributed by atoms with van der Waals surface area (Å²) in [5, 5.41) is 10.9. The lowest BCUT2D eigenvalue weighted by Gasteiger charge is -2.12. The van der Waals surface area contributed by atoms with Gasteiger partial charge in [-0.3, -0.25) is 0 Å². The first kappa shape index (κ1) is 13.3. The van der Waals surface area contributed by atoms with Gasteiger partial charge in [-0.25, -0.2) is 4.68 Å².